The van der Waals surface area contributed by atoms with Crippen molar-refractivity contribution >= 4 is 38.8 Å². The van der Waals surface area contributed by atoms with E-state index in [0.717, 1.165) is 34.7 Å². The molecule has 5 rings (SSSR count). The van der Waals surface area contributed by atoms with Crippen LogP contribution in [0.4, 0.5) is 10.3 Å². The van der Waals surface area contributed by atoms with Gasteiger partial charge in [0.2, 0.25) is 16.0 Å². The smallest absolute Gasteiger partial charge is 0.217 e. The van der Waals surface area contributed by atoms with Gasteiger partial charge in [0.1, 0.15) is 5.82 Å². The lowest BCUT2D eigenvalue weighted by atomic mass is 10.2. The Hall–Kier alpha value is -2.10. The topological polar surface area (TPSA) is 58.4 Å². The van der Waals surface area contributed by atoms with Gasteiger partial charge < -0.3 is 9.47 Å². The Bertz CT molecular complexity index is 1170. The second-order valence-electron chi connectivity index (χ2n) is 8.03. The molecular formula is C22H25FN4O2S2. The summed E-state index contributed by atoms with van der Waals surface area (Å²) in [5, 5.41) is -0.243. The van der Waals surface area contributed by atoms with Crippen LogP contribution in [0, 0.1) is 5.82 Å². The summed E-state index contributed by atoms with van der Waals surface area (Å²) in [6.45, 7) is 2.73. The van der Waals surface area contributed by atoms with E-state index in [2.05, 4.69) is 9.47 Å². The summed E-state index contributed by atoms with van der Waals surface area (Å²) in [6, 6.07) is 14.5. The Balaban J connectivity index is 1.40. The molecule has 1 unspecified atom stereocenters. The number of thioether (sulfide) groups is 1. The molecule has 3 aromatic rings. The van der Waals surface area contributed by atoms with Crippen molar-refractivity contribution in [2.24, 2.45) is 0 Å². The average Bonchev–Trinajstić information content (AvgIpc) is 3.45. The molecule has 9 heteroatoms. The number of piperazine rings is 1. The minimum atomic E-state index is -3.23. The van der Waals surface area contributed by atoms with Gasteiger partial charge in [-0.3, -0.25) is 0 Å². The van der Waals surface area contributed by atoms with Crippen LogP contribution in [-0.2, 0) is 16.6 Å². The summed E-state index contributed by atoms with van der Waals surface area (Å²) in [5.74, 6) is 2.21. The fraction of sp³-hybridized carbons (Fsp3) is 0.409. The first-order chi connectivity index (χ1) is 15.0. The van der Waals surface area contributed by atoms with Gasteiger partial charge in [-0.15, -0.1) is 0 Å². The Labute approximate surface area is 186 Å². The van der Waals surface area contributed by atoms with Crippen LogP contribution < -0.4 is 4.90 Å². The van der Waals surface area contributed by atoms with Crippen LogP contribution in [0.1, 0.15) is 12.0 Å². The van der Waals surface area contributed by atoms with Crippen LogP contribution in [-0.4, -0.2) is 65.2 Å². The van der Waals surface area contributed by atoms with Gasteiger partial charge in [-0.05, 0) is 42.0 Å². The van der Waals surface area contributed by atoms with Crippen LogP contribution in [0.5, 0.6) is 0 Å². The van der Waals surface area contributed by atoms with E-state index >= 15 is 0 Å². The molecular weight excluding hydrogens is 435 g/mol. The van der Waals surface area contributed by atoms with E-state index in [4.69, 9.17) is 4.98 Å². The third-order valence-corrected chi connectivity index (χ3v) is 9.78. The number of nitrogens with zero attached hydrogens (tertiary/aromatic N) is 4. The highest BCUT2D eigenvalue weighted by Crippen LogP contribution is 2.29. The molecule has 1 atom stereocenters. The lowest BCUT2D eigenvalue weighted by Crippen LogP contribution is -2.51. The number of aromatic nitrogens is 2. The Morgan fingerprint density at radius 1 is 1.03 bits per heavy atom. The number of anilines is 1. The molecule has 0 radical (unpaired) electrons. The first-order valence-corrected chi connectivity index (χ1v) is 13.2. The predicted octanol–water partition coefficient (Wildman–Crippen LogP) is 3.18. The van der Waals surface area contributed by atoms with Gasteiger partial charge in [0.25, 0.3) is 0 Å². The first-order valence-electron chi connectivity index (χ1n) is 10.5. The van der Waals surface area contributed by atoms with Gasteiger partial charge in [-0.2, -0.15) is 16.1 Å². The second-order valence-corrected chi connectivity index (χ2v) is 11.4. The van der Waals surface area contributed by atoms with Crippen molar-refractivity contribution in [3.8, 4) is 0 Å². The number of rotatable bonds is 5. The molecule has 0 saturated carbocycles. The van der Waals surface area contributed by atoms with E-state index in [1.807, 2.05) is 24.3 Å². The van der Waals surface area contributed by atoms with Crippen molar-refractivity contribution in [3.63, 3.8) is 0 Å². The van der Waals surface area contributed by atoms with Crippen molar-refractivity contribution in [1.29, 1.82) is 0 Å². The molecule has 0 aliphatic carbocycles. The van der Waals surface area contributed by atoms with Crippen molar-refractivity contribution in [2.45, 2.75) is 18.2 Å². The number of halogens is 1. The highest BCUT2D eigenvalue weighted by Gasteiger charge is 2.36. The van der Waals surface area contributed by atoms with Crippen LogP contribution >= 0.6 is 11.8 Å². The monoisotopic (exact) mass is 460 g/mol. The molecule has 0 N–H and O–H groups in total. The molecule has 6 nitrogen and oxygen atoms in total. The maximum atomic E-state index is 13.4. The largest absolute Gasteiger partial charge is 0.340 e. The molecule has 2 saturated heterocycles. The quantitative estimate of drug-likeness (QED) is 0.585. The molecule has 1 aromatic heterocycles. The van der Waals surface area contributed by atoms with Crippen molar-refractivity contribution in [3.05, 3.63) is 59.9 Å². The summed E-state index contributed by atoms with van der Waals surface area (Å²) in [6.07, 6.45) is 0.751. The number of para-hydroxylation sites is 2. The molecule has 31 heavy (non-hydrogen) atoms. The molecule has 2 aromatic carbocycles. The van der Waals surface area contributed by atoms with E-state index in [0.29, 0.717) is 38.5 Å². The van der Waals surface area contributed by atoms with E-state index < -0.39 is 10.0 Å². The van der Waals surface area contributed by atoms with Crippen LogP contribution in [0.15, 0.2) is 48.5 Å². The summed E-state index contributed by atoms with van der Waals surface area (Å²) >= 11 is 1.72. The first kappa shape index (κ1) is 20.8. The summed E-state index contributed by atoms with van der Waals surface area (Å²) in [5.41, 5.74) is 2.91. The van der Waals surface area contributed by atoms with Gasteiger partial charge in [0.05, 0.1) is 22.8 Å². The molecule has 3 heterocycles. The molecule has 2 aliphatic heterocycles. The number of hydrogen-bond acceptors (Lipinski definition) is 5. The minimum absolute atomic E-state index is 0.243. The Kier molecular flexibility index (Phi) is 5.66. The van der Waals surface area contributed by atoms with Crippen LogP contribution in [0.3, 0.4) is 0 Å². The third kappa shape index (κ3) is 4.06. The van der Waals surface area contributed by atoms with Gasteiger partial charge in [-0.25, -0.2) is 17.8 Å². The zero-order chi connectivity index (χ0) is 21.4. The lowest BCUT2D eigenvalue weighted by Gasteiger charge is -2.36. The number of sulfonamides is 1. The van der Waals surface area contributed by atoms with Gasteiger partial charge in [0, 0.05) is 31.9 Å². The zero-order valence-corrected chi connectivity index (χ0v) is 18.8. The highest BCUT2D eigenvalue weighted by atomic mass is 32.2. The molecule has 0 spiro atoms. The molecule has 2 aliphatic rings. The van der Waals surface area contributed by atoms with E-state index in [1.165, 1.54) is 12.1 Å². The molecule has 164 valence electrons. The maximum absolute atomic E-state index is 13.4. The van der Waals surface area contributed by atoms with Gasteiger partial charge in [-0.1, -0.05) is 24.3 Å². The Morgan fingerprint density at radius 2 is 1.77 bits per heavy atom. The van der Waals surface area contributed by atoms with E-state index in [1.54, 1.807) is 28.2 Å². The number of imidazole rings is 1. The summed E-state index contributed by atoms with van der Waals surface area (Å²) in [7, 11) is -3.23. The SMILES string of the molecule is O=S(=O)(C1CCSC1)N1CCN(c2nc3ccccc3n2Cc2ccc(F)cc2)CC1. The third-order valence-electron chi connectivity index (χ3n) is 6.08. The summed E-state index contributed by atoms with van der Waals surface area (Å²) in [4.78, 5) is 7.02. The minimum Gasteiger partial charge on any atom is -0.340 e. The zero-order valence-electron chi connectivity index (χ0n) is 17.2. The fourth-order valence-corrected chi connectivity index (χ4v) is 8.02. The average molecular weight is 461 g/mol. The van der Waals surface area contributed by atoms with Crippen molar-refractivity contribution < 1.29 is 12.8 Å². The maximum Gasteiger partial charge on any atom is 0.217 e. The van der Waals surface area contributed by atoms with E-state index in [-0.39, 0.29) is 11.1 Å². The van der Waals surface area contributed by atoms with Crippen molar-refractivity contribution in [2.75, 3.05) is 42.6 Å². The lowest BCUT2D eigenvalue weighted by molar-refractivity contribution is 0.377. The molecule has 0 bridgehead atoms. The van der Waals surface area contributed by atoms with Gasteiger partial charge >= 0.3 is 0 Å². The highest BCUT2D eigenvalue weighted by molar-refractivity contribution is 8.01. The van der Waals surface area contributed by atoms with Crippen LogP contribution in [0.25, 0.3) is 11.0 Å². The van der Waals surface area contributed by atoms with Gasteiger partial charge in [0.15, 0.2) is 0 Å². The van der Waals surface area contributed by atoms with Crippen molar-refractivity contribution in [1.82, 2.24) is 13.9 Å². The number of fused-ring (bicyclic) bond motifs is 1. The predicted molar refractivity (Wildman–Crippen MR) is 124 cm³/mol. The Morgan fingerprint density at radius 3 is 2.48 bits per heavy atom. The number of hydrogen-bond donors (Lipinski definition) is 0. The molecule has 2 fully saturated rings. The number of benzene rings is 2. The fourth-order valence-electron chi connectivity index (χ4n) is 4.33. The van der Waals surface area contributed by atoms with E-state index in [9.17, 15) is 12.8 Å². The summed E-state index contributed by atoms with van der Waals surface area (Å²) < 4.78 is 43.1. The van der Waals surface area contributed by atoms with Crippen LogP contribution in [0.2, 0.25) is 0 Å². The normalized spacial score (nSPS) is 20.5. The standard InChI is InChI=1S/C22H25FN4O2S2/c23-18-7-5-17(6-8-18)15-27-21-4-2-1-3-20(21)24-22(27)25-10-12-26(13-11-25)31(28,29)19-9-14-30-16-19/h1-8,19H,9-16H2. The second kappa shape index (κ2) is 8.44. The molecule has 0 amide bonds.